The van der Waals surface area contributed by atoms with Crippen molar-refractivity contribution in [2.45, 2.75) is 6.92 Å². The summed E-state index contributed by atoms with van der Waals surface area (Å²) >= 11 is 1.69. The minimum absolute atomic E-state index is 0.0776. The van der Waals surface area contributed by atoms with E-state index in [1.54, 1.807) is 17.4 Å². The van der Waals surface area contributed by atoms with Gasteiger partial charge in [-0.15, -0.1) is 11.3 Å². The molecule has 0 aliphatic carbocycles. The molecule has 2 nitrogen and oxygen atoms in total. The van der Waals surface area contributed by atoms with Crippen molar-refractivity contribution >= 4 is 27.6 Å². The third-order valence-corrected chi connectivity index (χ3v) is 2.99. The van der Waals surface area contributed by atoms with E-state index < -0.39 is 0 Å². The van der Waals surface area contributed by atoms with Crippen LogP contribution in [-0.2, 0) is 0 Å². The van der Waals surface area contributed by atoms with Crippen LogP contribution in [0.1, 0.15) is 10.6 Å². The molecule has 1 aromatic carbocycles. The second-order valence-corrected chi connectivity index (χ2v) is 4.22. The fraction of sp³-hybridized carbons (Fsp3) is 0.182. The highest BCUT2D eigenvalue weighted by molar-refractivity contribution is 7.18. The summed E-state index contributed by atoms with van der Waals surface area (Å²) in [7, 11) is 0. The van der Waals surface area contributed by atoms with Crippen LogP contribution in [0.5, 0.6) is 0 Å². The molecule has 2 rings (SSSR count). The molecule has 0 saturated heterocycles. The molecule has 14 heavy (non-hydrogen) atoms. The molecule has 0 fully saturated rings. The number of thiazole rings is 1. The summed E-state index contributed by atoms with van der Waals surface area (Å²) in [5.41, 5.74) is 2.16. The van der Waals surface area contributed by atoms with Crippen LogP contribution in [0.25, 0.3) is 16.3 Å². The molecule has 0 aliphatic heterocycles. The van der Waals surface area contributed by atoms with Crippen LogP contribution >= 0.6 is 11.3 Å². The fourth-order valence-corrected chi connectivity index (χ4v) is 2.30. The number of rotatable bonds is 2. The minimum atomic E-state index is 0.0776. The number of hydrogen-bond donors (Lipinski definition) is 1. The standard InChI is InChI=1S/C11H11NOS/c1-8-12-10-6-2-4-9(5-3-7-13)11(10)14-8/h2-6,13H,7H2,1H3/b5-3+. The molecule has 72 valence electrons. The lowest BCUT2D eigenvalue weighted by Gasteiger charge is -1.93. The zero-order valence-corrected chi connectivity index (χ0v) is 8.71. The van der Waals surface area contributed by atoms with Gasteiger partial charge in [0.2, 0.25) is 0 Å². The van der Waals surface area contributed by atoms with Crippen molar-refractivity contribution in [3.8, 4) is 0 Å². The summed E-state index contributed by atoms with van der Waals surface area (Å²) in [4.78, 5) is 4.40. The van der Waals surface area contributed by atoms with Crippen molar-refractivity contribution in [3.63, 3.8) is 0 Å². The summed E-state index contributed by atoms with van der Waals surface area (Å²) in [6.45, 7) is 2.08. The molecule has 0 saturated carbocycles. The maximum absolute atomic E-state index is 8.71. The largest absolute Gasteiger partial charge is 0.392 e. The first-order valence-corrected chi connectivity index (χ1v) is 5.26. The summed E-state index contributed by atoms with van der Waals surface area (Å²) < 4.78 is 1.19. The smallest absolute Gasteiger partial charge is 0.0907 e. The van der Waals surface area contributed by atoms with Crippen LogP contribution in [0.3, 0.4) is 0 Å². The van der Waals surface area contributed by atoms with Gasteiger partial charge in [0.25, 0.3) is 0 Å². The van der Waals surface area contributed by atoms with Crippen LogP contribution in [-0.4, -0.2) is 16.7 Å². The van der Waals surface area contributed by atoms with E-state index in [0.29, 0.717) is 0 Å². The summed E-state index contributed by atoms with van der Waals surface area (Å²) in [6, 6.07) is 6.03. The van der Waals surface area contributed by atoms with Crippen LogP contribution in [0.2, 0.25) is 0 Å². The number of aliphatic hydroxyl groups is 1. The average Bonchev–Trinajstić information content (AvgIpc) is 2.55. The highest BCUT2D eigenvalue weighted by atomic mass is 32.1. The predicted molar refractivity (Wildman–Crippen MR) is 60.5 cm³/mol. The van der Waals surface area contributed by atoms with Crippen molar-refractivity contribution < 1.29 is 5.11 Å². The van der Waals surface area contributed by atoms with Gasteiger partial charge in [0, 0.05) is 0 Å². The predicted octanol–water partition coefficient (Wildman–Crippen LogP) is 2.61. The Kier molecular flexibility index (Phi) is 2.61. The van der Waals surface area contributed by atoms with Crippen LogP contribution in [0.15, 0.2) is 24.3 Å². The maximum atomic E-state index is 8.71. The van der Waals surface area contributed by atoms with Gasteiger partial charge in [-0.25, -0.2) is 4.98 Å². The Labute approximate surface area is 86.5 Å². The monoisotopic (exact) mass is 205 g/mol. The third kappa shape index (κ3) is 1.69. The van der Waals surface area contributed by atoms with Gasteiger partial charge in [0.15, 0.2) is 0 Å². The molecule has 0 atom stereocenters. The van der Waals surface area contributed by atoms with Gasteiger partial charge in [0.05, 0.1) is 21.8 Å². The highest BCUT2D eigenvalue weighted by Gasteiger charge is 2.02. The second kappa shape index (κ2) is 3.90. The molecule has 1 heterocycles. The number of benzene rings is 1. The van der Waals surface area contributed by atoms with Gasteiger partial charge >= 0.3 is 0 Å². The van der Waals surface area contributed by atoms with Crippen LogP contribution in [0.4, 0.5) is 0 Å². The zero-order chi connectivity index (χ0) is 9.97. The van der Waals surface area contributed by atoms with Crippen molar-refractivity contribution in [3.05, 3.63) is 34.8 Å². The molecule has 0 unspecified atom stereocenters. The molecule has 0 bridgehead atoms. The van der Waals surface area contributed by atoms with Crippen LogP contribution < -0.4 is 0 Å². The Hall–Kier alpha value is -1.19. The summed E-state index contributed by atoms with van der Waals surface area (Å²) in [6.07, 6.45) is 3.67. The molecule has 2 aromatic rings. The number of nitrogens with zero attached hydrogens (tertiary/aromatic N) is 1. The number of hydrogen-bond acceptors (Lipinski definition) is 3. The first-order chi connectivity index (χ1) is 6.81. The number of fused-ring (bicyclic) bond motifs is 1. The van der Waals surface area contributed by atoms with Crippen molar-refractivity contribution in [1.82, 2.24) is 4.98 Å². The van der Waals surface area contributed by atoms with E-state index in [0.717, 1.165) is 16.1 Å². The normalized spacial score (nSPS) is 11.6. The molecule has 1 N–H and O–H groups in total. The van der Waals surface area contributed by atoms with E-state index in [-0.39, 0.29) is 6.61 Å². The Morgan fingerprint density at radius 3 is 3.14 bits per heavy atom. The van der Waals surface area contributed by atoms with Crippen molar-refractivity contribution in [2.75, 3.05) is 6.61 Å². The van der Waals surface area contributed by atoms with E-state index in [9.17, 15) is 0 Å². The van der Waals surface area contributed by atoms with Crippen molar-refractivity contribution in [2.24, 2.45) is 0 Å². The third-order valence-electron chi connectivity index (χ3n) is 1.96. The van der Waals surface area contributed by atoms with E-state index in [1.165, 1.54) is 4.70 Å². The Balaban J connectivity index is 2.58. The highest BCUT2D eigenvalue weighted by Crippen LogP contribution is 2.25. The first-order valence-electron chi connectivity index (χ1n) is 4.45. The van der Waals surface area contributed by atoms with E-state index in [1.807, 2.05) is 31.2 Å². The maximum Gasteiger partial charge on any atom is 0.0907 e. The van der Waals surface area contributed by atoms with E-state index in [4.69, 9.17) is 5.11 Å². The number of aryl methyl sites for hydroxylation is 1. The van der Waals surface area contributed by atoms with Gasteiger partial charge in [-0.2, -0.15) is 0 Å². The zero-order valence-electron chi connectivity index (χ0n) is 7.90. The van der Waals surface area contributed by atoms with Gasteiger partial charge in [-0.1, -0.05) is 24.3 Å². The van der Waals surface area contributed by atoms with Gasteiger partial charge in [-0.05, 0) is 18.6 Å². The molecule has 0 spiro atoms. The lowest BCUT2D eigenvalue weighted by molar-refractivity contribution is 0.343. The first kappa shape index (κ1) is 9.37. The van der Waals surface area contributed by atoms with Gasteiger partial charge < -0.3 is 5.11 Å². The van der Waals surface area contributed by atoms with Gasteiger partial charge in [0.1, 0.15) is 0 Å². The summed E-state index contributed by atoms with van der Waals surface area (Å²) in [5, 5.41) is 9.78. The van der Waals surface area contributed by atoms with Gasteiger partial charge in [-0.3, -0.25) is 0 Å². The Morgan fingerprint density at radius 1 is 1.50 bits per heavy atom. The van der Waals surface area contributed by atoms with Crippen molar-refractivity contribution in [1.29, 1.82) is 0 Å². The SMILES string of the molecule is Cc1nc2cccc(/C=C/CO)c2s1. The molecule has 0 amide bonds. The average molecular weight is 205 g/mol. The lowest BCUT2D eigenvalue weighted by Crippen LogP contribution is -1.75. The molecular weight excluding hydrogens is 194 g/mol. The Morgan fingerprint density at radius 2 is 2.36 bits per heavy atom. The number of aliphatic hydroxyl groups excluding tert-OH is 1. The summed E-state index contributed by atoms with van der Waals surface area (Å²) in [5.74, 6) is 0. The van der Waals surface area contributed by atoms with E-state index in [2.05, 4.69) is 4.98 Å². The quantitative estimate of drug-likeness (QED) is 0.817. The molecule has 0 aliphatic rings. The molecule has 0 radical (unpaired) electrons. The molecule has 1 aromatic heterocycles. The fourth-order valence-electron chi connectivity index (χ4n) is 1.39. The minimum Gasteiger partial charge on any atom is -0.392 e. The topological polar surface area (TPSA) is 33.1 Å². The number of aromatic nitrogens is 1. The lowest BCUT2D eigenvalue weighted by atomic mass is 10.2. The molecule has 3 heteroatoms. The van der Waals surface area contributed by atoms with E-state index >= 15 is 0 Å². The van der Waals surface area contributed by atoms with Crippen LogP contribution in [0, 0.1) is 6.92 Å². The Bertz CT molecular complexity index is 473. The second-order valence-electron chi connectivity index (χ2n) is 3.01. The molecular formula is C11H11NOS.